The average Bonchev–Trinajstić information content (AvgIpc) is 2.82. The normalized spacial score (nSPS) is 19.4. The fourth-order valence-electron chi connectivity index (χ4n) is 4.73. The Kier molecular flexibility index (Phi) is 7.80. The Labute approximate surface area is 209 Å². The van der Waals surface area contributed by atoms with Crippen LogP contribution in [0.3, 0.4) is 0 Å². The lowest BCUT2D eigenvalue weighted by atomic mass is 9.85. The first-order valence-electron chi connectivity index (χ1n) is 11.9. The number of carbonyl (C=O) groups is 3. The molecule has 0 atom stereocenters. The van der Waals surface area contributed by atoms with E-state index in [1.165, 1.54) is 0 Å². The summed E-state index contributed by atoms with van der Waals surface area (Å²) in [6, 6.07) is 10.7. The molecule has 3 N–H and O–H groups in total. The molecule has 3 amide bonds. The van der Waals surface area contributed by atoms with Crippen LogP contribution in [-0.4, -0.2) is 40.7 Å². The summed E-state index contributed by atoms with van der Waals surface area (Å²) < 4.78 is 5.71. The van der Waals surface area contributed by atoms with Gasteiger partial charge in [-0.25, -0.2) is 9.59 Å². The first kappa shape index (κ1) is 24.9. The quantitative estimate of drug-likeness (QED) is 0.480. The smallest absolute Gasteiger partial charge is 0.410 e. The van der Waals surface area contributed by atoms with Gasteiger partial charge in [0.1, 0.15) is 6.10 Å². The van der Waals surface area contributed by atoms with Crippen molar-refractivity contribution in [3.8, 4) is 0 Å². The van der Waals surface area contributed by atoms with Crippen molar-refractivity contribution < 1.29 is 24.2 Å². The lowest BCUT2D eigenvalue weighted by Crippen LogP contribution is -2.39. The number of carbonyl (C=O) groups excluding carboxylic acids is 2. The number of amides is 3. The Bertz CT molecular complexity index is 1110. The summed E-state index contributed by atoms with van der Waals surface area (Å²) in [5, 5.41) is 15.2. The van der Waals surface area contributed by atoms with Gasteiger partial charge in [0.05, 0.1) is 0 Å². The van der Waals surface area contributed by atoms with Crippen LogP contribution in [0.15, 0.2) is 36.4 Å². The maximum atomic E-state index is 12.7. The summed E-state index contributed by atoms with van der Waals surface area (Å²) in [7, 11) is 0. The third-order valence-corrected chi connectivity index (χ3v) is 7.18. The highest BCUT2D eigenvalue weighted by molar-refractivity contribution is 6.31. The van der Waals surface area contributed by atoms with Gasteiger partial charge in [0, 0.05) is 35.9 Å². The van der Waals surface area contributed by atoms with Crippen LogP contribution in [0, 0.1) is 12.8 Å². The maximum Gasteiger partial charge on any atom is 0.410 e. The molecule has 0 radical (unpaired) electrons. The van der Waals surface area contributed by atoms with Gasteiger partial charge in [-0.15, -0.1) is 0 Å². The van der Waals surface area contributed by atoms with Gasteiger partial charge in [0.15, 0.2) is 0 Å². The summed E-state index contributed by atoms with van der Waals surface area (Å²) in [4.78, 5) is 37.7. The van der Waals surface area contributed by atoms with Crippen molar-refractivity contribution in [1.82, 2.24) is 4.90 Å². The third-order valence-electron chi connectivity index (χ3n) is 6.78. The number of carboxylic acid groups (broad SMARTS) is 1. The maximum absolute atomic E-state index is 12.7. The van der Waals surface area contributed by atoms with E-state index in [0.29, 0.717) is 48.7 Å². The minimum Gasteiger partial charge on any atom is -0.481 e. The molecule has 2 aromatic rings. The van der Waals surface area contributed by atoms with Gasteiger partial charge < -0.3 is 25.4 Å². The van der Waals surface area contributed by atoms with E-state index in [1.54, 1.807) is 23.1 Å². The molecule has 1 saturated carbocycles. The predicted molar refractivity (Wildman–Crippen MR) is 134 cm³/mol. The van der Waals surface area contributed by atoms with E-state index in [1.807, 2.05) is 25.1 Å². The van der Waals surface area contributed by atoms with E-state index in [9.17, 15) is 14.4 Å². The molecule has 2 aromatic carbocycles. The first-order valence-corrected chi connectivity index (χ1v) is 12.3. The number of aliphatic carboxylic acids is 1. The molecule has 1 heterocycles. The molecule has 0 saturated heterocycles. The van der Waals surface area contributed by atoms with Crippen LogP contribution >= 0.6 is 11.6 Å². The number of benzene rings is 2. The number of hydrogen-bond acceptors (Lipinski definition) is 4. The summed E-state index contributed by atoms with van der Waals surface area (Å²) in [5.41, 5.74) is 4.23. The van der Waals surface area contributed by atoms with E-state index in [-0.39, 0.29) is 30.6 Å². The molecule has 2 aliphatic rings. The number of fused-ring (bicyclic) bond motifs is 1. The van der Waals surface area contributed by atoms with Crippen molar-refractivity contribution >= 4 is 41.1 Å². The van der Waals surface area contributed by atoms with Crippen molar-refractivity contribution in [2.75, 3.05) is 17.2 Å². The molecular weight excluding hydrogens is 470 g/mol. The summed E-state index contributed by atoms with van der Waals surface area (Å²) in [6.45, 7) is 2.84. The van der Waals surface area contributed by atoms with Crippen LogP contribution in [0.5, 0.6) is 0 Å². The fraction of sp³-hybridized carbons (Fsp3) is 0.423. The molecular formula is C26H30ClN3O5. The zero-order chi connectivity index (χ0) is 24.9. The lowest BCUT2D eigenvalue weighted by Gasteiger charge is -2.32. The Balaban J connectivity index is 1.28. The highest BCUT2D eigenvalue weighted by Gasteiger charge is 2.28. The largest absolute Gasteiger partial charge is 0.481 e. The van der Waals surface area contributed by atoms with E-state index < -0.39 is 5.97 Å². The summed E-state index contributed by atoms with van der Waals surface area (Å²) in [6.07, 6.45) is 3.33. The molecule has 0 spiro atoms. The van der Waals surface area contributed by atoms with Crippen LogP contribution < -0.4 is 10.6 Å². The molecule has 4 rings (SSSR count). The second-order valence-corrected chi connectivity index (χ2v) is 9.68. The predicted octanol–water partition coefficient (Wildman–Crippen LogP) is 5.82. The molecule has 35 heavy (non-hydrogen) atoms. The standard InChI is InChI=1S/C26H30ClN3O5/c1-16-22(27)3-2-4-23(16)29-25(33)28-20-8-7-19-15-30(12-11-18(19)14-20)26(34)35-21-9-5-17(6-10-21)13-24(31)32/h2-4,7-8,14,17,21H,5-6,9-13,15H2,1H3,(H,31,32)(H2,28,29,33)/t17-,21-. The molecule has 1 aliphatic heterocycles. The number of urea groups is 1. The van der Waals surface area contributed by atoms with E-state index in [4.69, 9.17) is 21.4 Å². The van der Waals surface area contributed by atoms with Crippen LogP contribution in [0.2, 0.25) is 5.02 Å². The monoisotopic (exact) mass is 499 g/mol. The number of nitrogens with one attached hydrogen (secondary N) is 2. The molecule has 0 bridgehead atoms. The number of rotatable bonds is 5. The Morgan fingerprint density at radius 1 is 1.09 bits per heavy atom. The van der Waals surface area contributed by atoms with Crippen LogP contribution in [0.25, 0.3) is 0 Å². The SMILES string of the molecule is Cc1c(Cl)cccc1NC(=O)Nc1ccc2c(c1)CCN(C(=O)O[C@H]1CC[C@H](CC(=O)O)CC1)C2. The first-order chi connectivity index (χ1) is 16.8. The Morgan fingerprint density at radius 2 is 1.86 bits per heavy atom. The van der Waals surface area contributed by atoms with Crippen molar-refractivity contribution in [3.05, 3.63) is 58.1 Å². The molecule has 186 valence electrons. The van der Waals surface area contributed by atoms with Crippen molar-refractivity contribution in [2.24, 2.45) is 5.92 Å². The minimum atomic E-state index is -0.771. The number of carboxylic acids is 1. The molecule has 8 nitrogen and oxygen atoms in total. The van der Waals surface area contributed by atoms with Gasteiger partial charge in [-0.1, -0.05) is 23.7 Å². The second kappa shape index (κ2) is 11.0. The van der Waals surface area contributed by atoms with Gasteiger partial charge in [0.25, 0.3) is 0 Å². The second-order valence-electron chi connectivity index (χ2n) is 9.27. The summed E-state index contributed by atoms with van der Waals surface area (Å²) in [5.74, 6) is -0.601. The molecule has 0 unspecified atom stereocenters. The van der Waals surface area contributed by atoms with Crippen LogP contribution in [0.4, 0.5) is 21.0 Å². The van der Waals surface area contributed by atoms with Crippen molar-refractivity contribution in [3.63, 3.8) is 0 Å². The van der Waals surface area contributed by atoms with Crippen LogP contribution in [0.1, 0.15) is 48.8 Å². The fourth-order valence-corrected chi connectivity index (χ4v) is 4.91. The number of hydrogen-bond donors (Lipinski definition) is 3. The Morgan fingerprint density at radius 3 is 2.60 bits per heavy atom. The minimum absolute atomic E-state index is 0.151. The van der Waals surface area contributed by atoms with E-state index >= 15 is 0 Å². The van der Waals surface area contributed by atoms with Crippen LogP contribution in [-0.2, 0) is 22.5 Å². The molecule has 0 aromatic heterocycles. The highest BCUT2D eigenvalue weighted by atomic mass is 35.5. The molecule has 1 aliphatic carbocycles. The van der Waals surface area contributed by atoms with Gasteiger partial charge >= 0.3 is 18.1 Å². The van der Waals surface area contributed by atoms with E-state index in [0.717, 1.165) is 29.5 Å². The third kappa shape index (κ3) is 6.45. The zero-order valence-corrected chi connectivity index (χ0v) is 20.4. The van der Waals surface area contributed by atoms with Gasteiger partial charge in [-0.2, -0.15) is 0 Å². The number of nitrogens with zero attached hydrogens (tertiary/aromatic N) is 1. The number of anilines is 2. The van der Waals surface area contributed by atoms with Crippen molar-refractivity contribution in [2.45, 2.75) is 58.1 Å². The highest BCUT2D eigenvalue weighted by Crippen LogP contribution is 2.30. The molecule has 1 fully saturated rings. The van der Waals surface area contributed by atoms with Gasteiger partial charge in [0.2, 0.25) is 0 Å². The summed E-state index contributed by atoms with van der Waals surface area (Å²) >= 11 is 6.12. The number of ether oxygens (including phenoxy) is 1. The number of halogens is 1. The Hall–Kier alpha value is -3.26. The zero-order valence-electron chi connectivity index (χ0n) is 19.7. The average molecular weight is 500 g/mol. The van der Waals surface area contributed by atoms with Gasteiger partial charge in [-0.05, 0) is 85.9 Å². The molecule has 9 heteroatoms. The topological polar surface area (TPSA) is 108 Å². The van der Waals surface area contributed by atoms with Gasteiger partial charge in [-0.3, -0.25) is 4.79 Å². The van der Waals surface area contributed by atoms with E-state index in [2.05, 4.69) is 10.6 Å². The van der Waals surface area contributed by atoms with Crippen molar-refractivity contribution in [1.29, 1.82) is 0 Å². The lowest BCUT2D eigenvalue weighted by molar-refractivity contribution is -0.138.